The number of methoxy groups -OCH3 is 1. The second-order valence-corrected chi connectivity index (χ2v) is 3.56. The van der Waals surface area contributed by atoms with Crippen LogP contribution in [-0.4, -0.2) is 13.7 Å². The van der Waals surface area contributed by atoms with Gasteiger partial charge in [0.1, 0.15) is 0 Å². The molecule has 1 rings (SSSR count). The number of benzene rings is 1. The number of hydrogen-bond acceptors (Lipinski definition) is 2. The van der Waals surface area contributed by atoms with Crippen LogP contribution < -0.4 is 10.5 Å². The molecular formula is C11H14F3NO. The molecule has 0 amide bonds. The fourth-order valence-electron chi connectivity index (χ4n) is 1.47. The Kier molecular flexibility index (Phi) is 4.18. The van der Waals surface area contributed by atoms with Crippen molar-refractivity contribution in [1.29, 1.82) is 0 Å². The molecule has 0 aliphatic rings. The van der Waals surface area contributed by atoms with Gasteiger partial charge in [0.25, 0.3) is 6.43 Å². The minimum atomic E-state index is -2.70. The Hall–Kier alpha value is -1.23. The molecule has 2 nitrogen and oxygen atoms in total. The van der Waals surface area contributed by atoms with Gasteiger partial charge in [-0.15, -0.1) is 0 Å². The molecule has 1 aromatic carbocycles. The molecule has 0 spiro atoms. The highest BCUT2D eigenvalue weighted by Gasteiger charge is 2.19. The van der Waals surface area contributed by atoms with Crippen LogP contribution in [0, 0.1) is 5.82 Å². The van der Waals surface area contributed by atoms with Gasteiger partial charge in [0, 0.05) is 11.1 Å². The van der Waals surface area contributed by atoms with Gasteiger partial charge in [0.15, 0.2) is 11.6 Å². The van der Waals surface area contributed by atoms with E-state index in [-0.39, 0.29) is 23.8 Å². The number of halogens is 3. The first-order valence-electron chi connectivity index (χ1n) is 4.86. The lowest BCUT2D eigenvalue weighted by Gasteiger charge is -2.16. The van der Waals surface area contributed by atoms with Gasteiger partial charge in [-0.1, -0.05) is 6.92 Å². The third-order valence-corrected chi connectivity index (χ3v) is 2.44. The first-order valence-corrected chi connectivity index (χ1v) is 4.86. The predicted octanol–water partition coefficient (Wildman–Crippen LogP) is 2.83. The van der Waals surface area contributed by atoms with E-state index in [1.807, 2.05) is 0 Å². The minimum Gasteiger partial charge on any atom is -0.493 e. The summed E-state index contributed by atoms with van der Waals surface area (Å²) in [6, 6.07) is 2.03. The third kappa shape index (κ3) is 2.47. The zero-order chi connectivity index (χ0) is 12.3. The Morgan fingerprint density at radius 2 is 2.00 bits per heavy atom. The second kappa shape index (κ2) is 5.21. The van der Waals surface area contributed by atoms with E-state index < -0.39 is 12.2 Å². The van der Waals surface area contributed by atoms with Crippen molar-refractivity contribution in [3.05, 3.63) is 29.1 Å². The van der Waals surface area contributed by atoms with Crippen molar-refractivity contribution >= 4 is 0 Å². The molecule has 0 aliphatic heterocycles. The molecule has 5 heteroatoms. The van der Waals surface area contributed by atoms with E-state index in [0.29, 0.717) is 5.56 Å². The molecule has 1 aromatic rings. The Labute approximate surface area is 92.2 Å². The van der Waals surface area contributed by atoms with Crippen LogP contribution in [0.1, 0.15) is 30.4 Å². The average molecular weight is 233 g/mol. The quantitative estimate of drug-likeness (QED) is 0.867. The Morgan fingerprint density at radius 1 is 1.38 bits per heavy atom. The Morgan fingerprint density at radius 3 is 2.44 bits per heavy atom. The van der Waals surface area contributed by atoms with Crippen molar-refractivity contribution in [2.75, 3.05) is 13.7 Å². The summed E-state index contributed by atoms with van der Waals surface area (Å²) >= 11 is 0. The molecule has 16 heavy (non-hydrogen) atoms. The van der Waals surface area contributed by atoms with E-state index in [4.69, 9.17) is 10.5 Å². The van der Waals surface area contributed by atoms with E-state index in [0.717, 1.165) is 6.07 Å². The number of hydrogen-bond donors (Lipinski definition) is 1. The first kappa shape index (κ1) is 12.8. The summed E-state index contributed by atoms with van der Waals surface area (Å²) < 4.78 is 43.3. The van der Waals surface area contributed by atoms with Gasteiger partial charge >= 0.3 is 0 Å². The molecule has 0 radical (unpaired) electrons. The van der Waals surface area contributed by atoms with E-state index in [1.54, 1.807) is 6.92 Å². The van der Waals surface area contributed by atoms with Crippen LogP contribution >= 0.6 is 0 Å². The van der Waals surface area contributed by atoms with Crippen LogP contribution in [-0.2, 0) is 0 Å². The maximum absolute atomic E-state index is 13.5. The fraction of sp³-hybridized carbons (Fsp3) is 0.455. The highest BCUT2D eigenvalue weighted by atomic mass is 19.3. The van der Waals surface area contributed by atoms with E-state index >= 15 is 0 Å². The van der Waals surface area contributed by atoms with Crippen LogP contribution in [0.3, 0.4) is 0 Å². The minimum absolute atomic E-state index is 0.0117. The molecule has 0 saturated carbocycles. The number of alkyl halides is 2. The number of ether oxygens (including phenoxy) is 1. The highest BCUT2D eigenvalue weighted by molar-refractivity contribution is 5.41. The van der Waals surface area contributed by atoms with E-state index in [2.05, 4.69) is 0 Å². The van der Waals surface area contributed by atoms with Crippen LogP contribution in [0.25, 0.3) is 0 Å². The summed E-state index contributed by atoms with van der Waals surface area (Å²) in [5, 5.41) is 0. The Balaban J connectivity index is 3.30. The van der Waals surface area contributed by atoms with Crippen LogP contribution in [0.4, 0.5) is 13.2 Å². The van der Waals surface area contributed by atoms with Crippen molar-refractivity contribution in [3.8, 4) is 5.75 Å². The fourth-order valence-corrected chi connectivity index (χ4v) is 1.47. The SMILES string of the molecule is COc1c(F)cc(C(F)F)cc1C(C)CN. The Bertz CT molecular complexity index is 368. The molecule has 1 unspecified atom stereocenters. The molecule has 0 aromatic heterocycles. The predicted molar refractivity (Wildman–Crippen MR) is 55.4 cm³/mol. The molecule has 0 saturated heterocycles. The normalized spacial score (nSPS) is 12.9. The van der Waals surface area contributed by atoms with Gasteiger partial charge in [-0.2, -0.15) is 0 Å². The monoisotopic (exact) mass is 233 g/mol. The van der Waals surface area contributed by atoms with Gasteiger partial charge in [-0.25, -0.2) is 13.2 Å². The topological polar surface area (TPSA) is 35.2 Å². The summed E-state index contributed by atoms with van der Waals surface area (Å²) in [7, 11) is 1.30. The summed E-state index contributed by atoms with van der Waals surface area (Å²) in [6.07, 6.45) is -2.70. The maximum Gasteiger partial charge on any atom is 0.263 e. The largest absolute Gasteiger partial charge is 0.493 e. The lowest BCUT2D eigenvalue weighted by Crippen LogP contribution is -2.11. The molecule has 0 aliphatic carbocycles. The van der Waals surface area contributed by atoms with Crippen LogP contribution in [0.15, 0.2) is 12.1 Å². The molecule has 90 valence electrons. The van der Waals surface area contributed by atoms with Crippen molar-refractivity contribution < 1.29 is 17.9 Å². The summed E-state index contributed by atoms with van der Waals surface area (Å²) in [5.41, 5.74) is 5.46. The molecule has 0 heterocycles. The second-order valence-electron chi connectivity index (χ2n) is 3.56. The summed E-state index contributed by atoms with van der Waals surface area (Å²) in [5.74, 6) is -1.03. The van der Waals surface area contributed by atoms with Crippen molar-refractivity contribution in [2.45, 2.75) is 19.3 Å². The third-order valence-electron chi connectivity index (χ3n) is 2.44. The van der Waals surface area contributed by atoms with Gasteiger partial charge in [-0.05, 0) is 24.6 Å². The van der Waals surface area contributed by atoms with Gasteiger partial charge in [-0.3, -0.25) is 0 Å². The zero-order valence-electron chi connectivity index (χ0n) is 9.14. The smallest absolute Gasteiger partial charge is 0.263 e. The van der Waals surface area contributed by atoms with Gasteiger partial charge < -0.3 is 10.5 Å². The van der Waals surface area contributed by atoms with E-state index in [9.17, 15) is 13.2 Å². The molecule has 0 fully saturated rings. The standard InChI is InChI=1S/C11H14F3NO/c1-6(5-15)8-3-7(11(13)14)4-9(12)10(8)16-2/h3-4,6,11H,5,15H2,1-2H3. The van der Waals surface area contributed by atoms with E-state index in [1.165, 1.54) is 13.2 Å². The highest BCUT2D eigenvalue weighted by Crippen LogP contribution is 2.33. The van der Waals surface area contributed by atoms with Crippen LogP contribution in [0.5, 0.6) is 5.75 Å². The number of rotatable bonds is 4. The zero-order valence-corrected chi connectivity index (χ0v) is 9.14. The van der Waals surface area contributed by atoms with Crippen molar-refractivity contribution in [3.63, 3.8) is 0 Å². The molecule has 0 bridgehead atoms. The molecule has 2 N–H and O–H groups in total. The van der Waals surface area contributed by atoms with Gasteiger partial charge in [0.05, 0.1) is 7.11 Å². The summed E-state index contributed by atoms with van der Waals surface area (Å²) in [4.78, 5) is 0. The van der Waals surface area contributed by atoms with Crippen molar-refractivity contribution in [2.24, 2.45) is 5.73 Å². The molecular weight excluding hydrogens is 219 g/mol. The lowest BCUT2D eigenvalue weighted by atomic mass is 9.97. The number of nitrogens with two attached hydrogens (primary N) is 1. The van der Waals surface area contributed by atoms with Gasteiger partial charge in [0.2, 0.25) is 0 Å². The lowest BCUT2D eigenvalue weighted by molar-refractivity contribution is 0.150. The van der Waals surface area contributed by atoms with Crippen molar-refractivity contribution in [1.82, 2.24) is 0 Å². The summed E-state index contributed by atoms with van der Waals surface area (Å²) in [6.45, 7) is 1.97. The van der Waals surface area contributed by atoms with Crippen LogP contribution in [0.2, 0.25) is 0 Å². The average Bonchev–Trinajstić information content (AvgIpc) is 2.26. The first-order chi connectivity index (χ1) is 7.51. The molecule has 1 atom stereocenters. The maximum atomic E-state index is 13.5.